The van der Waals surface area contributed by atoms with Crippen molar-refractivity contribution >= 4 is 15.8 Å². The number of halogens is 3. The second kappa shape index (κ2) is 6.40. The van der Waals surface area contributed by atoms with E-state index >= 15 is 0 Å². The summed E-state index contributed by atoms with van der Waals surface area (Å²) in [4.78, 5) is 3.59. The van der Waals surface area contributed by atoms with Crippen molar-refractivity contribution in [3.05, 3.63) is 18.3 Å². The molecule has 20 heavy (non-hydrogen) atoms. The Balaban J connectivity index is 2.87. The van der Waals surface area contributed by atoms with Gasteiger partial charge in [0.05, 0.1) is 0 Å². The van der Waals surface area contributed by atoms with Gasteiger partial charge in [-0.15, -0.1) is 0 Å². The summed E-state index contributed by atoms with van der Waals surface area (Å²) >= 11 is 0. The van der Waals surface area contributed by atoms with Crippen molar-refractivity contribution in [2.45, 2.75) is 24.4 Å². The van der Waals surface area contributed by atoms with Crippen molar-refractivity contribution < 1.29 is 21.6 Å². The molecule has 0 amide bonds. The van der Waals surface area contributed by atoms with Gasteiger partial charge in [-0.1, -0.05) is 6.92 Å². The van der Waals surface area contributed by atoms with Crippen molar-refractivity contribution in [1.82, 2.24) is 9.29 Å². The number of pyridine rings is 1. The van der Waals surface area contributed by atoms with Crippen LogP contribution in [0.1, 0.15) is 13.3 Å². The molecule has 0 aliphatic rings. The molecule has 0 unspecified atom stereocenters. The van der Waals surface area contributed by atoms with Crippen molar-refractivity contribution in [2.24, 2.45) is 0 Å². The van der Waals surface area contributed by atoms with E-state index in [0.717, 1.165) is 19.7 Å². The van der Waals surface area contributed by atoms with Crippen LogP contribution in [0.5, 0.6) is 0 Å². The Hall–Kier alpha value is -1.35. The van der Waals surface area contributed by atoms with E-state index in [0.29, 0.717) is 12.4 Å². The monoisotopic (exact) mass is 311 g/mol. The molecule has 1 aromatic rings. The molecule has 0 aromatic carbocycles. The lowest BCUT2D eigenvalue weighted by molar-refractivity contribution is -0.134. The van der Waals surface area contributed by atoms with Crippen LogP contribution in [0.4, 0.5) is 19.0 Å². The fraction of sp³-hybridized carbons (Fsp3) is 0.545. The van der Waals surface area contributed by atoms with Crippen LogP contribution in [0, 0.1) is 0 Å². The van der Waals surface area contributed by atoms with Crippen molar-refractivity contribution in [2.75, 3.05) is 25.5 Å². The maximum atomic E-state index is 12.2. The van der Waals surface area contributed by atoms with E-state index in [4.69, 9.17) is 0 Å². The summed E-state index contributed by atoms with van der Waals surface area (Å²) in [5.74, 6) is 0.476. The summed E-state index contributed by atoms with van der Waals surface area (Å²) in [6, 6.07) is 2.65. The van der Waals surface area contributed by atoms with E-state index < -0.39 is 22.7 Å². The normalized spacial score (nSPS) is 12.7. The summed E-state index contributed by atoms with van der Waals surface area (Å²) in [5, 5.41) is 2.94. The van der Waals surface area contributed by atoms with E-state index in [-0.39, 0.29) is 9.20 Å². The summed E-state index contributed by atoms with van der Waals surface area (Å²) in [5.41, 5.74) is 0. The Morgan fingerprint density at radius 1 is 1.35 bits per heavy atom. The molecule has 1 rings (SSSR count). The zero-order chi connectivity index (χ0) is 15.4. The van der Waals surface area contributed by atoms with Crippen LogP contribution in [-0.4, -0.2) is 44.0 Å². The number of hydrogen-bond acceptors (Lipinski definition) is 4. The van der Waals surface area contributed by atoms with Crippen molar-refractivity contribution in [3.8, 4) is 0 Å². The van der Waals surface area contributed by atoms with Gasteiger partial charge in [0.25, 0.3) is 0 Å². The molecule has 0 aliphatic heterocycles. The first-order chi connectivity index (χ1) is 9.16. The largest absolute Gasteiger partial charge is 0.402 e. The van der Waals surface area contributed by atoms with E-state index in [1.54, 1.807) is 0 Å². The minimum Gasteiger partial charge on any atom is -0.370 e. The second-order valence-electron chi connectivity index (χ2n) is 4.18. The third kappa shape index (κ3) is 4.64. The van der Waals surface area contributed by atoms with Gasteiger partial charge in [-0.25, -0.2) is 13.4 Å². The summed E-state index contributed by atoms with van der Waals surface area (Å²) in [6.45, 7) is 1.09. The Morgan fingerprint density at radius 3 is 2.45 bits per heavy atom. The van der Waals surface area contributed by atoms with Crippen LogP contribution in [-0.2, 0) is 10.0 Å². The molecule has 0 saturated carbocycles. The van der Waals surface area contributed by atoms with Crippen molar-refractivity contribution in [3.63, 3.8) is 0 Å². The van der Waals surface area contributed by atoms with Crippen LogP contribution in [0.25, 0.3) is 0 Å². The zero-order valence-corrected chi connectivity index (χ0v) is 11.9. The van der Waals surface area contributed by atoms with E-state index in [1.165, 1.54) is 12.1 Å². The molecular weight excluding hydrogens is 295 g/mol. The van der Waals surface area contributed by atoms with Gasteiger partial charge in [-0.2, -0.15) is 17.5 Å². The Morgan fingerprint density at radius 2 is 2.00 bits per heavy atom. The first-order valence-electron chi connectivity index (χ1n) is 5.90. The molecule has 0 fully saturated rings. The smallest absolute Gasteiger partial charge is 0.370 e. The predicted molar refractivity (Wildman–Crippen MR) is 68.9 cm³/mol. The number of alkyl halides is 3. The lowest BCUT2D eigenvalue weighted by atomic mass is 10.4. The molecular formula is C11H16F3N3O2S. The number of rotatable bonds is 6. The minimum absolute atomic E-state index is 0.253. The average Bonchev–Trinajstić information content (AvgIpc) is 2.34. The van der Waals surface area contributed by atoms with Gasteiger partial charge >= 0.3 is 6.18 Å². The second-order valence-corrected chi connectivity index (χ2v) is 6.23. The molecule has 0 radical (unpaired) electrons. The topological polar surface area (TPSA) is 62.3 Å². The van der Waals surface area contributed by atoms with Crippen LogP contribution in [0.15, 0.2) is 23.2 Å². The lowest BCUT2D eigenvalue weighted by Crippen LogP contribution is -2.35. The highest BCUT2D eigenvalue weighted by Gasteiger charge is 2.34. The highest BCUT2D eigenvalue weighted by atomic mass is 32.2. The van der Waals surface area contributed by atoms with Gasteiger partial charge < -0.3 is 5.32 Å². The minimum atomic E-state index is -4.59. The Labute approximate surface area is 115 Å². The number of anilines is 1. The number of sulfonamides is 1. The van der Waals surface area contributed by atoms with Gasteiger partial charge in [0.2, 0.25) is 10.0 Å². The molecule has 1 N–H and O–H groups in total. The summed E-state index contributed by atoms with van der Waals surface area (Å²) in [6.07, 6.45) is -2.67. The number of hydrogen-bond donors (Lipinski definition) is 1. The van der Waals surface area contributed by atoms with E-state index in [2.05, 4.69) is 10.3 Å². The third-order valence-electron chi connectivity index (χ3n) is 2.40. The highest BCUT2D eigenvalue weighted by molar-refractivity contribution is 7.89. The van der Waals surface area contributed by atoms with Gasteiger partial charge in [-0.05, 0) is 18.6 Å². The van der Waals surface area contributed by atoms with Gasteiger partial charge in [0.1, 0.15) is 17.3 Å². The molecule has 0 bridgehead atoms. The van der Waals surface area contributed by atoms with Gasteiger partial charge in [0, 0.05) is 19.8 Å². The van der Waals surface area contributed by atoms with Crippen LogP contribution >= 0.6 is 0 Å². The fourth-order valence-corrected chi connectivity index (χ4v) is 2.51. The fourth-order valence-electron chi connectivity index (χ4n) is 1.41. The van der Waals surface area contributed by atoms with Crippen LogP contribution < -0.4 is 5.32 Å². The van der Waals surface area contributed by atoms with Gasteiger partial charge in [0.15, 0.2) is 0 Å². The lowest BCUT2D eigenvalue weighted by Gasteiger charge is -2.18. The Kier molecular flexibility index (Phi) is 5.35. The maximum Gasteiger partial charge on any atom is 0.402 e. The number of aromatic nitrogens is 1. The molecule has 114 valence electrons. The standard InChI is InChI=1S/C11H16F3N3O2S/c1-3-6-15-10-5-4-9(7-16-10)20(18,19)17(2)8-11(12,13)14/h4-5,7H,3,6,8H2,1-2H3,(H,15,16). The zero-order valence-electron chi connectivity index (χ0n) is 11.1. The molecule has 0 saturated heterocycles. The third-order valence-corrected chi connectivity index (χ3v) is 4.19. The van der Waals surface area contributed by atoms with Crippen molar-refractivity contribution in [1.29, 1.82) is 0 Å². The number of nitrogens with zero attached hydrogens (tertiary/aromatic N) is 2. The maximum absolute atomic E-state index is 12.2. The summed E-state index contributed by atoms with van der Waals surface area (Å²) < 4.78 is 60.7. The molecule has 1 aromatic heterocycles. The first-order valence-corrected chi connectivity index (χ1v) is 7.34. The van der Waals surface area contributed by atoms with E-state index in [9.17, 15) is 21.6 Å². The van der Waals surface area contributed by atoms with Gasteiger partial charge in [-0.3, -0.25) is 0 Å². The number of nitrogens with one attached hydrogen (secondary N) is 1. The first kappa shape index (κ1) is 16.7. The molecule has 5 nitrogen and oxygen atoms in total. The quantitative estimate of drug-likeness (QED) is 0.874. The summed E-state index contributed by atoms with van der Waals surface area (Å²) in [7, 11) is -3.31. The predicted octanol–water partition coefficient (Wildman–Crippen LogP) is 2.09. The van der Waals surface area contributed by atoms with E-state index in [1.807, 2.05) is 6.92 Å². The average molecular weight is 311 g/mol. The van der Waals surface area contributed by atoms with Crippen LogP contribution in [0.2, 0.25) is 0 Å². The molecule has 0 atom stereocenters. The highest BCUT2D eigenvalue weighted by Crippen LogP contribution is 2.21. The SMILES string of the molecule is CCCNc1ccc(S(=O)(=O)N(C)CC(F)(F)F)cn1. The molecule has 0 spiro atoms. The Bertz CT molecular complexity index is 529. The molecule has 0 aliphatic carbocycles. The molecule has 1 heterocycles. The molecule has 9 heteroatoms. The van der Waals surface area contributed by atoms with Crippen LogP contribution in [0.3, 0.4) is 0 Å².